The molecule has 0 aliphatic heterocycles. The minimum atomic E-state index is 0.529. The third kappa shape index (κ3) is 2.70. The summed E-state index contributed by atoms with van der Waals surface area (Å²) in [5.41, 5.74) is 2.91. The van der Waals surface area contributed by atoms with Gasteiger partial charge in [0.15, 0.2) is 5.82 Å². The first kappa shape index (κ1) is 12.8. The molecule has 20 heavy (non-hydrogen) atoms. The van der Waals surface area contributed by atoms with Gasteiger partial charge in [-0.05, 0) is 26.0 Å². The van der Waals surface area contributed by atoms with Gasteiger partial charge in [-0.3, -0.25) is 0 Å². The molecular formula is C14H14N4OS. The lowest BCUT2D eigenvalue weighted by atomic mass is 10.2. The van der Waals surface area contributed by atoms with Gasteiger partial charge >= 0.3 is 0 Å². The lowest BCUT2D eigenvalue weighted by Gasteiger charge is -2.07. The van der Waals surface area contributed by atoms with E-state index in [9.17, 15) is 0 Å². The number of aromatic nitrogens is 3. The zero-order valence-corrected chi connectivity index (χ0v) is 12.1. The van der Waals surface area contributed by atoms with E-state index in [4.69, 9.17) is 4.52 Å². The summed E-state index contributed by atoms with van der Waals surface area (Å²) < 4.78 is 5.23. The molecule has 0 radical (unpaired) electrons. The van der Waals surface area contributed by atoms with Crippen molar-refractivity contribution in [2.45, 2.75) is 20.4 Å². The molecule has 0 saturated carbocycles. The van der Waals surface area contributed by atoms with Crippen LogP contribution < -0.4 is 5.32 Å². The van der Waals surface area contributed by atoms with Gasteiger partial charge in [0.1, 0.15) is 5.01 Å². The van der Waals surface area contributed by atoms with Crippen LogP contribution in [0.2, 0.25) is 0 Å². The Morgan fingerprint density at radius 2 is 2.05 bits per heavy atom. The maximum absolute atomic E-state index is 5.23. The summed E-state index contributed by atoms with van der Waals surface area (Å²) in [6, 6.07) is 7.88. The summed E-state index contributed by atoms with van der Waals surface area (Å²) >= 11 is 1.65. The molecule has 0 atom stereocenters. The van der Waals surface area contributed by atoms with Crippen LogP contribution in [0.4, 0.5) is 5.69 Å². The van der Waals surface area contributed by atoms with Crippen LogP contribution in [0.3, 0.4) is 0 Å². The summed E-state index contributed by atoms with van der Waals surface area (Å²) in [6.07, 6.45) is 0. The molecule has 0 fully saturated rings. The number of benzene rings is 1. The molecule has 2 heterocycles. The number of nitrogens with zero attached hydrogens (tertiary/aromatic N) is 3. The van der Waals surface area contributed by atoms with Crippen LogP contribution in [-0.2, 0) is 6.54 Å². The smallest absolute Gasteiger partial charge is 0.260 e. The van der Waals surface area contributed by atoms with Crippen LogP contribution in [0.15, 0.2) is 34.2 Å². The Bertz CT molecular complexity index is 719. The second kappa shape index (κ2) is 5.42. The first-order valence-electron chi connectivity index (χ1n) is 6.27. The quantitative estimate of drug-likeness (QED) is 0.796. The number of rotatable bonds is 4. The molecule has 0 aliphatic rings. The normalized spacial score (nSPS) is 10.7. The van der Waals surface area contributed by atoms with Crippen molar-refractivity contribution in [2.24, 2.45) is 0 Å². The van der Waals surface area contributed by atoms with Crippen molar-refractivity contribution in [3.05, 3.63) is 46.2 Å². The summed E-state index contributed by atoms with van der Waals surface area (Å²) in [5, 5.41) is 10.3. The predicted octanol–water partition coefficient (Wildman–Crippen LogP) is 3.42. The zero-order chi connectivity index (χ0) is 13.9. The largest absolute Gasteiger partial charge is 0.378 e. The standard InChI is InChI=1S/C14H14N4OS/c1-9-8-20-13(16-9)7-15-12-6-4-3-5-11(12)14-17-10(2)18-19-14/h3-6,8,15H,7H2,1-2H3. The van der Waals surface area contributed by atoms with Gasteiger partial charge in [-0.15, -0.1) is 11.3 Å². The number of aryl methyl sites for hydroxylation is 2. The van der Waals surface area contributed by atoms with Gasteiger partial charge in [-0.2, -0.15) is 4.98 Å². The fraction of sp³-hybridized carbons (Fsp3) is 0.214. The third-order valence-electron chi connectivity index (χ3n) is 2.78. The highest BCUT2D eigenvalue weighted by Gasteiger charge is 2.11. The van der Waals surface area contributed by atoms with Crippen LogP contribution in [-0.4, -0.2) is 15.1 Å². The molecule has 2 aromatic heterocycles. The number of hydrogen-bond donors (Lipinski definition) is 1. The highest BCUT2D eigenvalue weighted by atomic mass is 32.1. The van der Waals surface area contributed by atoms with Gasteiger partial charge in [0, 0.05) is 16.8 Å². The molecule has 1 aromatic carbocycles. The molecule has 1 N–H and O–H groups in total. The van der Waals surface area contributed by atoms with E-state index in [0.29, 0.717) is 18.3 Å². The van der Waals surface area contributed by atoms with Crippen LogP contribution in [0.5, 0.6) is 0 Å². The van der Waals surface area contributed by atoms with Gasteiger partial charge in [-0.1, -0.05) is 17.3 Å². The van der Waals surface area contributed by atoms with Crippen LogP contribution in [0.1, 0.15) is 16.5 Å². The molecule has 0 aliphatic carbocycles. The van der Waals surface area contributed by atoms with E-state index >= 15 is 0 Å². The SMILES string of the molecule is Cc1csc(CNc2ccccc2-c2nc(C)no2)n1. The van der Waals surface area contributed by atoms with Gasteiger partial charge in [0.05, 0.1) is 12.1 Å². The second-order valence-electron chi connectivity index (χ2n) is 4.43. The van der Waals surface area contributed by atoms with E-state index in [1.807, 2.05) is 36.6 Å². The maximum Gasteiger partial charge on any atom is 0.260 e. The number of nitrogens with one attached hydrogen (secondary N) is 1. The first-order valence-corrected chi connectivity index (χ1v) is 7.15. The van der Waals surface area contributed by atoms with Crippen molar-refractivity contribution in [1.29, 1.82) is 0 Å². The second-order valence-corrected chi connectivity index (χ2v) is 5.37. The Balaban J connectivity index is 1.83. The molecule has 6 heteroatoms. The van der Waals surface area contributed by atoms with Crippen molar-refractivity contribution in [1.82, 2.24) is 15.1 Å². The molecule has 102 valence electrons. The Hall–Kier alpha value is -2.21. The molecule has 3 rings (SSSR count). The topological polar surface area (TPSA) is 63.8 Å². The lowest BCUT2D eigenvalue weighted by Crippen LogP contribution is -2.00. The van der Waals surface area contributed by atoms with Crippen molar-refractivity contribution in [3.8, 4) is 11.5 Å². The number of thiazole rings is 1. The third-order valence-corrected chi connectivity index (χ3v) is 3.75. The fourth-order valence-electron chi connectivity index (χ4n) is 1.88. The molecule has 0 spiro atoms. The van der Waals surface area contributed by atoms with Gasteiger partial charge < -0.3 is 9.84 Å². The number of hydrogen-bond acceptors (Lipinski definition) is 6. The van der Waals surface area contributed by atoms with E-state index in [1.165, 1.54) is 0 Å². The lowest BCUT2D eigenvalue weighted by molar-refractivity contribution is 0.426. The average Bonchev–Trinajstić information content (AvgIpc) is 3.06. The summed E-state index contributed by atoms with van der Waals surface area (Å²) in [7, 11) is 0. The summed E-state index contributed by atoms with van der Waals surface area (Å²) in [4.78, 5) is 8.71. The van der Waals surface area contributed by atoms with Crippen molar-refractivity contribution < 1.29 is 4.52 Å². The first-order chi connectivity index (χ1) is 9.72. The van der Waals surface area contributed by atoms with Crippen molar-refractivity contribution in [3.63, 3.8) is 0 Å². The van der Waals surface area contributed by atoms with E-state index in [1.54, 1.807) is 18.3 Å². The van der Waals surface area contributed by atoms with E-state index in [0.717, 1.165) is 22.0 Å². The van der Waals surface area contributed by atoms with E-state index in [2.05, 4.69) is 20.4 Å². The number of para-hydroxylation sites is 1. The minimum Gasteiger partial charge on any atom is -0.378 e. The van der Waals surface area contributed by atoms with Crippen LogP contribution in [0, 0.1) is 13.8 Å². The average molecular weight is 286 g/mol. The molecule has 0 unspecified atom stereocenters. The van der Waals surface area contributed by atoms with Crippen LogP contribution >= 0.6 is 11.3 Å². The monoisotopic (exact) mass is 286 g/mol. The van der Waals surface area contributed by atoms with Crippen LogP contribution in [0.25, 0.3) is 11.5 Å². The summed E-state index contributed by atoms with van der Waals surface area (Å²) in [5.74, 6) is 1.16. The molecule has 0 bridgehead atoms. The maximum atomic E-state index is 5.23. The Kier molecular flexibility index (Phi) is 3.47. The zero-order valence-electron chi connectivity index (χ0n) is 11.3. The predicted molar refractivity (Wildman–Crippen MR) is 78.6 cm³/mol. The van der Waals surface area contributed by atoms with E-state index in [-0.39, 0.29) is 0 Å². The number of anilines is 1. The van der Waals surface area contributed by atoms with Gasteiger partial charge in [0.25, 0.3) is 5.89 Å². The molecule has 5 nitrogen and oxygen atoms in total. The highest BCUT2D eigenvalue weighted by Crippen LogP contribution is 2.26. The molecule has 0 saturated heterocycles. The molecule has 0 amide bonds. The van der Waals surface area contributed by atoms with Crippen molar-refractivity contribution in [2.75, 3.05) is 5.32 Å². The Morgan fingerprint density at radius 1 is 1.20 bits per heavy atom. The Labute approximate surface area is 120 Å². The summed E-state index contributed by atoms with van der Waals surface area (Å²) in [6.45, 7) is 4.49. The molecule has 3 aromatic rings. The van der Waals surface area contributed by atoms with E-state index < -0.39 is 0 Å². The minimum absolute atomic E-state index is 0.529. The van der Waals surface area contributed by atoms with Gasteiger partial charge in [0.2, 0.25) is 0 Å². The highest BCUT2D eigenvalue weighted by molar-refractivity contribution is 7.09. The van der Waals surface area contributed by atoms with Crippen molar-refractivity contribution >= 4 is 17.0 Å². The Morgan fingerprint density at radius 3 is 2.75 bits per heavy atom. The van der Waals surface area contributed by atoms with Gasteiger partial charge in [-0.25, -0.2) is 4.98 Å². The molecular weight excluding hydrogens is 272 g/mol. The fourth-order valence-corrected chi connectivity index (χ4v) is 2.60.